The van der Waals surface area contributed by atoms with Crippen LogP contribution in [0.15, 0.2) is 60.2 Å². The predicted molar refractivity (Wildman–Crippen MR) is 133 cm³/mol. The first-order valence-corrected chi connectivity index (χ1v) is 12.0. The van der Waals surface area contributed by atoms with Crippen LogP contribution in [-0.2, 0) is 14.3 Å². The van der Waals surface area contributed by atoms with E-state index < -0.39 is 24.0 Å². The summed E-state index contributed by atoms with van der Waals surface area (Å²) in [5.74, 6) is -2.01. The van der Waals surface area contributed by atoms with Gasteiger partial charge in [0.15, 0.2) is 0 Å². The maximum absolute atomic E-state index is 13.2. The molecule has 0 aromatic heterocycles. The van der Waals surface area contributed by atoms with Crippen LogP contribution in [0.1, 0.15) is 44.2 Å². The summed E-state index contributed by atoms with van der Waals surface area (Å²) in [5.41, 5.74) is 5.54. The maximum atomic E-state index is 13.2. The Morgan fingerprint density at radius 1 is 1.06 bits per heavy atom. The summed E-state index contributed by atoms with van der Waals surface area (Å²) in [6, 6.07) is 15.4. The summed E-state index contributed by atoms with van der Waals surface area (Å²) in [6.45, 7) is 6.34. The Morgan fingerprint density at radius 2 is 1.66 bits per heavy atom. The number of carbonyl (C=O) groups excluding carboxylic acids is 2. The number of amides is 2. The minimum absolute atomic E-state index is 0.0733. The normalized spacial score (nSPS) is 19.5. The molecule has 2 aromatic carbocycles. The number of carbonyl (C=O) groups is 3. The zero-order valence-corrected chi connectivity index (χ0v) is 20.4. The van der Waals surface area contributed by atoms with Crippen molar-refractivity contribution in [1.29, 1.82) is 0 Å². The number of benzene rings is 2. The molecule has 1 fully saturated rings. The molecule has 1 heterocycles. The molecule has 1 saturated heterocycles. The predicted octanol–water partition coefficient (Wildman–Crippen LogP) is 4.43. The molecule has 0 radical (unpaired) electrons. The van der Waals surface area contributed by atoms with Gasteiger partial charge in [0.05, 0.1) is 5.92 Å². The Morgan fingerprint density at radius 3 is 2.20 bits per heavy atom. The number of hydrogen-bond donors (Lipinski definition) is 2. The van der Waals surface area contributed by atoms with Crippen LogP contribution in [0, 0.1) is 11.8 Å². The van der Waals surface area contributed by atoms with Crippen LogP contribution < -0.4 is 5.32 Å². The number of nitrogens with zero attached hydrogens (tertiary/aromatic N) is 1. The molecular weight excluding hydrogens is 444 g/mol. The lowest BCUT2D eigenvalue weighted by atomic mass is 9.98. The fourth-order valence-corrected chi connectivity index (χ4v) is 5.05. The average molecular weight is 477 g/mol. The number of carboxylic acids is 1. The molecular formula is C28H32N2O5. The van der Waals surface area contributed by atoms with Crippen molar-refractivity contribution in [2.75, 3.05) is 19.7 Å². The Kier molecular flexibility index (Phi) is 7.24. The molecule has 1 aliphatic heterocycles. The lowest BCUT2D eigenvalue weighted by molar-refractivity contribution is -0.142. The molecule has 4 rings (SSSR count). The molecule has 2 aromatic rings. The van der Waals surface area contributed by atoms with Crippen molar-refractivity contribution in [2.45, 2.75) is 39.2 Å². The molecule has 0 spiro atoms. The second kappa shape index (κ2) is 10.3. The molecule has 2 aliphatic rings. The Hall–Kier alpha value is -3.61. The van der Waals surface area contributed by atoms with Gasteiger partial charge in [0.25, 0.3) is 0 Å². The fourth-order valence-electron chi connectivity index (χ4n) is 5.05. The van der Waals surface area contributed by atoms with Gasteiger partial charge in [0.2, 0.25) is 5.91 Å². The van der Waals surface area contributed by atoms with Crippen LogP contribution >= 0.6 is 0 Å². The van der Waals surface area contributed by atoms with Crippen molar-refractivity contribution >= 4 is 18.0 Å². The van der Waals surface area contributed by atoms with E-state index in [1.54, 1.807) is 0 Å². The third-order valence-electron chi connectivity index (χ3n) is 6.94. The van der Waals surface area contributed by atoms with E-state index in [1.807, 2.05) is 51.1 Å². The molecule has 3 atom stereocenters. The topological polar surface area (TPSA) is 95.9 Å². The van der Waals surface area contributed by atoms with Crippen molar-refractivity contribution in [3.05, 3.63) is 71.3 Å². The molecule has 35 heavy (non-hydrogen) atoms. The fraction of sp³-hybridized carbons (Fsp3) is 0.393. The second-order valence-corrected chi connectivity index (χ2v) is 9.70. The molecule has 0 bridgehead atoms. The molecule has 7 nitrogen and oxygen atoms in total. The summed E-state index contributed by atoms with van der Waals surface area (Å²) in [6.07, 6.45) is 1.54. The van der Waals surface area contributed by atoms with Gasteiger partial charge in [-0.3, -0.25) is 9.59 Å². The van der Waals surface area contributed by atoms with Gasteiger partial charge in [-0.05, 0) is 48.4 Å². The van der Waals surface area contributed by atoms with Crippen LogP contribution in [0.3, 0.4) is 0 Å². The summed E-state index contributed by atoms with van der Waals surface area (Å²) >= 11 is 0. The van der Waals surface area contributed by atoms with Crippen molar-refractivity contribution in [3.8, 4) is 11.1 Å². The standard InChI is InChI=1S/C28H32N2O5/c1-17(2)12-13-25(26(31)30-14-18(3)23(15-30)27(32)33)29-28(34)35-16-24-21-10-6-4-8-19(21)20-9-5-7-11-22(20)24/h4-12,18,23-25H,13-16H2,1-3H3,(H,29,34)(H,32,33)/t18-,23-,25?/m1/s1. The van der Waals surface area contributed by atoms with Crippen molar-refractivity contribution in [3.63, 3.8) is 0 Å². The molecule has 0 saturated carbocycles. The average Bonchev–Trinajstić information content (AvgIpc) is 3.38. The Bertz CT molecular complexity index is 1110. The van der Waals surface area contributed by atoms with E-state index in [0.29, 0.717) is 13.0 Å². The number of alkyl carbamates (subject to hydrolysis) is 1. The van der Waals surface area contributed by atoms with Crippen LogP contribution in [0.25, 0.3) is 11.1 Å². The lowest BCUT2D eigenvalue weighted by Gasteiger charge is -2.24. The molecule has 2 amide bonds. The highest BCUT2D eigenvalue weighted by molar-refractivity contribution is 5.87. The van der Waals surface area contributed by atoms with Gasteiger partial charge in [-0.15, -0.1) is 0 Å². The van der Waals surface area contributed by atoms with E-state index in [9.17, 15) is 19.5 Å². The van der Waals surface area contributed by atoms with E-state index in [1.165, 1.54) is 4.90 Å². The van der Waals surface area contributed by atoms with Gasteiger partial charge in [-0.25, -0.2) is 4.79 Å². The van der Waals surface area contributed by atoms with Crippen molar-refractivity contribution in [1.82, 2.24) is 10.2 Å². The van der Waals surface area contributed by atoms with E-state index >= 15 is 0 Å². The smallest absolute Gasteiger partial charge is 0.407 e. The zero-order chi connectivity index (χ0) is 25.1. The highest BCUT2D eigenvalue weighted by Crippen LogP contribution is 2.44. The number of fused-ring (bicyclic) bond motifs is 3. The largest absolute Gasteiger partial charge is 0.481 e. The van der Waals surface area contributed by atoms with Gasteiger partial charge in [0.1, 0.15) is 12.6 Å². The van der Waals surface area contributed by atoms with E-state index in [2.05, 4.69) is 29.6 Å². The first kappa shape index (κ1) is 24.5. The van der Waals surface area contributed by atoms with Crippen LogP contribution in [0.2, 0.25) is 0 Å². The molecule has 2 N–H and O–H groups in total. The third-order valence-corrected chi connectivity index (χ3v) is 6.94. The van der Waals surface area contributed by atoms with E-state index in [0.717, 1.165) is 27.8 Å². The molecule has 1 unspecified atom stereocenters. The number of rotatable bonds is 7. The van der Waals surface area contributed by atoms with E-state index in [-0.39, 0.29) is 30.9 Å². The van der Waals surface area contributed by atoms with E-state index in [4.69, 9.17) is 4.74 Å². The summed E-state index contributed by atoms with van der Waals surface area (Å²) in [7, 11) is 0. The lowest BCUT2D eigenvalue weighted by Crippen LogP contribution is -2.48. The summed E-state index contributed by atoms with van der Waals surface area (Å²) in [4.78, 5) is 39.1. The van der Waals surface area contributed by atoms with Gasteiger partial charge in [-0.2, -0.15) is 0 Å². The first-order valence-electron chi connectivity index (χ1n) is 12.0. The van der Waals surface area contributed by atoms with Gasteiger partial charge in [0, 0.05) is 19.0 Å². The highest BCUT2D eigenvalue weighted by atomic mass is 16.5. The van der Waals surface area contributed by atoms with Crippen LogP contribution in [0.4, 0.5) is 4.79 Å². The number of allylic oxidation sites excluding steroid dienone is 1. The van der Waals surface area contributed by atoms with Gasteiger partial charge < -0.3 is 20.1 Å². The van der Waals surface area contributed by atoms with Crippen molar-refractivity contribution in [2.24, 2.45) is 11.8 Å². The number of nitrogens with one attached hydrogen (secondary N) is 1. The Labute approximate surface area is 205 Å². The van der Waals surface area contributed by atoms with Gasteiger partial charge in [-0.1, -0.05) is 67.1 Å². The SMILES string of the molecule is CC(C)=CCC(NC(=O)OCC1c2ccccc2-c2ccccc21)C(=O)N1C[C@@H](C)[C@H](C(=O)O)C1. The van der Waals surface area contributed by atoms with Gasteiger partial charge >= 0.3 is 12.1 Å². The third kappa shape index (κ3) is 5.24. The monoisotopic (exact) mass is 476 g/mol. The maximum Gasteiger partial charge on any atom is 0.407 e. The summed E-state index contributed by atoms with van der Waals surface area (Å²) in [5, 5.41) is 12.2. The summed E-state index contributed by atoms with van der Waals surface area (Å²) < 4.78 is 5.63. The van der Waals surface area contributed by atoms with Crippen molar-refractivity contribution < 1.29 is 24.2 Å². The second-order valence-electron chi connectivity index (χ2n) is 9.70. The molecule has 1 aliphatic carbocycles. The van der Waals surface area contributed by atoms with Crippen LogP contribution in [-0.4, -0.2) is 53.7 Å². The Balaban J connectivity index is 1.44. The first-order chi connectivity index (χ1) is 16.8. The zero-order valence-electron chi connectivity index (χ0n) is 20.4. The quantitative estimate of drug-likeness (QED) is 0.577. The number of likely N-dealkylation sites (tertiary alicyclic amines) is 1. The molecule has 7 heteroatoms. The number of carboxylic acid groups (broad SMARTS) is 1. The van der Waals surface area contributed by atoms with Crippen LogP contribution in [0.5, 0.6) is 0 Å². The number of hydrogen-bond acceptors (Lipinski definition) is 4. The minimum atomic E-state index is -0.904. The number of aliphatic carboxylic acids is 1. The number of ether oxygens (including phenoxy) is 1. The highest BCUT2D eigenvalue weighted by Gasteiger charge is 2.39. The molecule has 184 valence electrons. The minimum Gasteiger partial charge on any atom is -0.481 e.